The number of fused-ring (bicyclic) bond motifs is 1. The highest BCUT2D eigenvalue weighted by molar-refractivity contribution is 5.95. The first-order valence-electron chi connectivity index (χ1n) is 6.05. The van der Waals surface area contributed by atoms with Crippen LogP contribution in [0.3, 0.4) is 0 Å². The van der Waals surface area contributed by atoms with Gasteiger partial charge in [-0.05, 0) is 23.8 Å². The van der Waals surface area contributed by atoms with Gasteiger partial charge in [-0.15, -0.1) is 0 Å². The Morgan fingerprint density at radius 2 is 1.95 bits per heavy atom. The normalized spacial score (nSPS) is 13.8. The number of benzene rings is 1. The van der Waals surface area contributed by atoms with E-state index in [1.807, 2.05) is 0 Å². The van der Waals surface area contributed by atoms with Gasteiger partial charge in [-0.1, -0.05) is 0 Å². The fraction of sp³-hybridized carbons (Fsp3) is 0.462. The summed E-state index contributed by atoms with van der Waals surface area (Å²) >= 11 is 0. The molecule has 0 aromatic heterocycles. The molecule has 4 N–H and O–H groups in total. The number of amides is 1. The maximum absolute atomic E-state index is 12.1. The van der Waals surface area contributed by atoms with Gasteiger partial charge in [0.15, 0.2) is 0 Å². The van der Waals surface area contributed by atoms with Crippen molar-refractivity contribution in [1.82, 2.24) is 5.32 Å². The third-order valence-corrected chi connectivity index (χ3v) is 3.24. The van der Waals surface area contributed by atoms with Crippen LogP contribution in [0.4, 0.5) is 0 Å². The lowest BCUT2D eigenvalue weighted by Gasteiger charge is -2.28. The summed E-state index contributed by atoms with van der Waals surface area (Å²) in [5.74, 6) is 0.320. The third-order valence-electron chi connectivity index (χ3n) is 3.24. The molecule has 1 heterocycles. The highest BCUT2D eigenvalue weighted by Gasteiger charge is 2.30. The van der Waals surface area contributed by atoms with Crippen molar-refractivity contribution in [3.8, 4) is 5.75 Å². The average molecular weight is 267 g/mol. The number of carbonyl (C=O) groups is 1. The van der Waals surface area contributed by atoms with Gasteiger partial charge in [-0.25, -0.2) is 0 Å². The second-order valence-corrected chi connectivity index (χ2v) is 4.63. The Hall–Kier alpha value is -1.63. The Morgan fingerprint density at radius 1 is 1.26 bits per heavy atom. The summed E-state index contributed by atoms with van der Waals surface area (Å²) in [7, 11) is 0. The molecule has 0 atom stereocenters. The van der Waals surface area contributed by atoms with Gasteiger partial charge in [0.1, 0.15) is 11.3 Å². The molecule has 1 aromatic carbocycles. The molecule has 19 heavy (non-hydrogen) atoms. The summed E-state index contributed by atoms with van der Waals surface area (Å²) in [4.78, 5) is 12.1. The summed E-state index contributed by atoms with van der Waals surface area (Å²) in [6.07, 6.45) is 0.752. The average Bonchev–Trinajstić information content (AvgIpc) is 2.92. The first kappa shape index (κ1) is 13.8. The maximum atomic E-state index is 12.1. The van der Waals surface area contributed by atoms with Crippen LogP contribution >= 0.6 is 0 Å². The predicted molar refractivity (Wildman–Crippen MR) is 67.1 cm³/mol. The molecule has 6 heteroatoms. The zero-order chi connectivity index (χ0) is 13.9. The molecule has 0 unspecified atom stereocenters. The smallest absolute Gasteiger partial charge is 0.251 e. The molecule has 0 saturated carbocycles. The van der Waals surface area contributed by atoms with E-state index in [1.165, 1.54) is 0 Å². The zero-order valence-corrected chi connectivity index (χ0v) is 10.4. The minimum Gasteiger partial charge on any atom is -0.493 e. The van der Waals surface area contributed by atoms with Gasteiger partial charge in [0.25, 0.3) is 5.91 Å². The number of aliphatic hydroxyl groups is 3. The Balaban J connectivity index is 2.16. The first-order valence-corrected chi connectivity index (χ1v) is 6.05. The number of carbonyl (C=O) groups excluding carboxylic acids is 1. The van der Waals surface area contributed by atoms with E-state index in [0.29, 0.717) is 12.2 Å². The molecule has 0 aliphatic carbocycles. The molecular formula is C13H17NO5. The summed E-state index contributed by atoms with van der Waals surface area (Å²) < 4.78 is 5.35. The Morgan fingerprint density at radius 3 is 2.58 bits per heavy atom. The molecular weight excluding hydrogens is 250 g/mol. The van der Waals surface area contributed by atoms with Gasteiger partial charge in [0.2, 0.25) is 0 Å². The Kier molecular flexibility index (Phi) is 4.04. The van der Waals surface area contributed by atoms with Crippen molar-refractivity contribution >= 4 is 5.91 Å². The van der Waals surface area contributed by atoms with Crippen molar-refractivity contribution in [3.05, 3.63) is 29.3 Å². The second kappa shape index (κ2) is 5.56. The van der Waals surface area contributed by atoms with E-state index in [9.17, 15) is 20.1 Å². The highest BCUT2D eigenvalue weighted by atomic mass is 16.5. The maximum Gasteiger partial charge on any atom is 0.251 e. The van der Waals surface area contributed by atoms with Crippen molar-refractivity contribution in [2.75, 3.05) is 26.4 Å². The van der Waals surface area contributed by atoms with E-state index in [0.717, 1.165) is 17.7 Å². The third kappa shape index (κ3) is 2.70. The van der Waals surface area contributed by atoms with Crippen LogP contribution in [-0.4, -0.2) is 53.2 Å². The van der Waals surface area contributed by atoms with Gasteiger partial charge >= 0.3 is 0 Å². The summed E-state index contributed by atoms with van der Waals surface area (Å²) in [5, 5.41) is 30.0. The van der Waals surface area contributed by atoms with Gasteiger partial charge in [0, 0.05) is 12.0 Å². The van der Waals surface area contributed by atoms with Crippen molar-refractivity contribution in [2.45, 2.75) is 12.0 Å². The number of rotatable bonds is 5. The van der Waals surface area contributed by atoms with E-state index in [4.69, 9.17) is 4.74 Å². The molecule has 0 spiro atoms. The van der Waals surface area contributed by atoms with E-state index in [2.05, 4.69) is 5.32 Å². The molecule has 0 bridgehead atoms. The van der Waals surface area contributed by atoms with Crippen LogP contribution in [-0.2, 0) is 6.42 Å². The topological polar surface area (TPSA) is 99.0 Å². The molecule has 0 radical (unpaired) electrons. The van der Waals surface area contributed by atoms with Crippen LogP contribution < -0.4 is 10.1 Å². The van der Waals surface area contributed by atoms with Crippen LogP contribution in [0.1, 0.15) is 15.9 Å². The molecule has 1 aliphatic rings. The summed E-state index contributed by atoms with van der Waals surface area (Å²) in [6, 6.07) is 5.04. The highest BCUT2D eigenvalue weighted by Crippen LogP contribution is 2.25. The van der Waals surface area contributed by atoms with E-state index < -0.39 is 31.3 Å². The number of hydrogen-bond acceptors (Lipinski definition) is 5. The largest absolute Gasteiger partial charge is 0.493 e. The van der Waals surface area contributed by atoms with Crippen molar-refractivity contribution in [2.24, 2.45) is 0 Å². The molecule has 1 aromatic rings. The Labute approximate surface area is 110 Å². The quantitative estimate of drug-likeness (QED) is 0.552. The van der Waals surface area contributed by atoms with Gasteiger partial charge in [-0.2, -0.15) is 0 Å². The SMILES string of the molecule is O=C(NC(CO)(CO)CO)c1ccc2c(c1)CCO2. The minimum atomic E-state index is -1.41. The molecule has 2 rings (SSSR count). The molecule has 0 saturated heterocycles. The molecule has 0 fully saturated rings. The monoisotopic (exact) mass is 267 g/mol. The molecule has 1 aliphatic heterocycles. The number of aliphatic hydroxyl groups excluding tert-OH is 3. The lowest BCUT2D eigenvalue weighted by molar-refractivity contribution is 0.0375. The molecule has 6 nitrogen and oxygen atoms in total. The second-order valence-electron chi connectivity index (χ2n) is 4.63. The van der Waals surface area contributed by atoms with Crippen LogP contribution in [0.5, 0.6) is 5.75 Å². The lowest BCUT2D eigenvalue weighted by atomic mass is 10.0. The molecule has 1 amide bonds. The fourth-order valence-corrected chi connectivity index (χ4v) is 1.91. The number of nitrogens with one attached hydrogen (secondary N) is 1. The van der Waals surface area contributed by atoms with Crippen molar-refractivity contribution in [3.63, 3.8) is 0 Å². The van der Waals surface area contributed by atoms with Gasteiger partial charge in [-0.3, -0.25) is 4.79 Å². The molecule has 104 valence electrons. The lowest BCUT2D eigenvalue weighted by Crippen LogP contribution is -2.57. The summed E-state index contributed by atoms with van der Waals surface area (Å²) in [5.41, 5.74) is -0.0497. The van der Waals surface area contributed by atoms with Crippen molar-refractivity contribution < 1.29 is 24.9 Å². The van der Waals surface area contributed by atoms with Crippen LogP contribution in [0.15, 0.2) is 18.2 Å². The standard InChI is InChI=1S/C13H17NO5/c15-6-13(7-16,8-17)14-12(18)10-1-2-11-9(5-10)3-4-19-11/h1-2,5,15-17H,3-4,6-8H2,(H,14,18). The van der Waals surface area contributed by atoms with Gasteiger partial charge < -0.3 is 25.4 Å². The zero-order valence-electron chi connectivity index (χ0n) is 10.4. The van der Waals surface area contributed by atoms with Crippen LogP contribution in [0, 0.1) is 0 Å². The van der Waals surface area contributed by atoms with Crippen molar-refractivity contribution in [1.29, 1.82) is 0 Å². The van der Waals surface area contributed by atoms with E-state index in [-0.39, 0.29) is 0 Å². The number of hydrogen-bond donors (Lipinski definition) is 4. The fourth-order valence-electron chi connectivity index (χ4n) is 1.91. The van der Waals surface area contributed by atoms with Crippen LogP contribution in [0.2, 0.25) is 0 Å². The minimum absolute atomic E-state index is 0.406. The van der Waals surface area contributed by atoms with Gasteiger partial charge in [0.05, 0.1) is 26.4 Å². The predicted octanol–water partition coefficient (Wildman–Crippen LogP) is -0.933. The van der Waals surface area contributed by atoms with E-state index in [1.54, 1.807) is 18.2 Å². The summed E-state index contributed by atoms with van der Waals surface area (Å²) in [6.45, 7) is -1.02. The van der Waals surface area contributed by atoms with Crippen LogP contribution in [0.25, 0.3) is 0 Å². The Bertz CT molecular complexity index is 462. The first-order chi connectivity index (χ1) is 9.14. The van der Waals surface area contributed by atoms with E-state index >= 15 is 0 Å². The number of ether oxygens (including phenoxy) is 1.